The summed E-state index contributed by atoms with van der Waals surface area (Å²) in [7, 11) is 1.65. The molecule has 0 aliphatic heterocycles. The lowest BCUT2D eigenvalue weighted by molar-refractivity contribution is 0.0907. The molecule has 2 rings (SSSR count). The average molecular weight is 246 g/mol. The van der Waals surface area contributed by atoms with E-state index in [9.17, 15) is 4.79 Å². The topological polar surface area (TPSA) is 26.3 Å². The number of Topliss-reactive ketones (excluding diaryl/α,β-unsaturated/α-hetero) is 1. The van der Waals surface area contributed by atoms with Crippen molar-refractivity contribution in [1.82, 2.24) is 0 Å². The van der Waals surface area contributed by atoms with Crippen LogP contribution in [0.1, 0.15) is 54.4 Å². The van der Waals surface area contributed by atoms with Crippen molar-refractivity contribution in [3.63, 3.8) is 0 Å². The summed E-state index contributed by atoms with van der Waals surface area (Å²) >= 11 is 0. The third kappa shape index (κ3) is 2.92. The molecular formula is C16H22O2. The summed E-state index contributed by atoms with van der Waals surface area (Å²) in [5, 5.41) is 0. The highest BCUT2D eigenvalue weighted by molar-refractivity contribution is 5.98. The summed E-state index contributed by atoms with van der Waals surface area (Å²) in [5.41, 5.74) is 1.89. The van der Waals surface area contributed by atoms with Crippen LogP contribution >= 0.6 is 0 Å². The lowest BCUT2D eigenvalue weighted by Crippen LogP contribution is -2.14. The normalized spacial score (nSPS) is 17.2. The molecule has 2 nitrogen and oxygen atoms in total. The monoisotopic (exact) mass is 246 g/mol. The van der Waals surface area contributed by atoms with Crippen molar-refractivity contribution in [2.75, 3.05) is 7.11 Å². The Labute approximate surface area is 109 Å². The fourth-order valence-electron chi connectivity index (χ4n) is 2.75. The minimum atomic E-state index is 0.222. The Kier molecular flexibility index (Phi) is 4.40. The highest BCUT2D eigenvalue weighted by atomic mass is 16.5. The van der Waals surface area contributed by atoms with Gasteiger partial charge in [-0.2, -0.15) is 0 Å². The first-order valence-electron chi connectivity index (χ1n) is 6.91. The number of carbonyl (C=O) groups is 1. The quantitative estimate of drug-likeness (QED) is 0.591. The van der Waals surface area contributed by atoms with Gasteiger partial charge in [-0.1, -0.05) is 37.8 Å². The fraction of sp³-hybridized carbons (Fsp3) is 0.562. The van der Waals surface area contributed by atoms with Gasteiger partial charge in [0, 0.05) is 11.5 Å². The Hall–Kier alpha value is -1.31. The lowest BCUT2D eigenvalue weighted by atomic mass is 9.90. The SMILES string of the molecule is COc1cc(C(=O)C2CCCCCC2)ccc1C. The number of hydrogen-bond acceptors (Lipinski definition) is 2. The van der Waals surface area contributed by atoms with Crippen LogP contribution in [0.4, 0.5) is 0 Å². The molecule has 0 aromatic heterocycles. The number of hydrogen-bond donors (Lipinski definition) is 0. The van der Waals surface area contributed by atoms with Crippen molar-refractivity contribution < 1.29 is 9.53 Å². The summed E-state index contributed by atoms with van der Waals surface area (Å²) in [4.78, 5) is 12.5. The standard InChI is InChI=1S/C16H22O2/c1-12-9-10-14(11-15(12)18-2)16(17)13-7-5-3-4-6-8-13/h9-11,13H,3-8H2,1-2H3. The molecule has 0 heterocycles. The Morgan fingerprint density at radius 2 is 1.83 bits per heavy atom. The lowest BCUT2D eigenvalue weighted by Gasteiger charge is -2.14. The zero-order chi connectivity index (χ0) is 13.0. The van der Waals surface area contributed by atoms with Gasteiger partial charge in [-0.05, 0) is 31.4 Å². The van der Waals surface area contributed by atoms with Gasteiger partial charge in [-0.3, -0.25) is 4.79 Å². The van der Waals surface area contributed by atoms with Crippen LogP contribution in [0, 0.1) is 12.8 Å². The highest BCUT2D eigenvalue weighted by Crippen LogP contribution is 2.28. The van der Waals surface area contributed by atoms with Gasteiger partial charge in [0.25, 0.3) is 0 Å². The molecule has 1 aliphatic rings. The van der Waals surface area contributed by atoms with E-state index in [1.54, 1.807) is 7.11 Å². The van der Waals surface area contributed by atoms with Crippen molar-refractivity contribution >= 4 is 5.78 Å². The predicted octanol–water partition coefficient (Wildman–Crippen LogP) is 4.16. The molecular weight excluding hydrogens is 224 g/mol. The number of carbonyl (C=O) groups excluding carboxylic acids is 1. The zero-order valence-electron chi connectivity index (χ0n) is 11.4. The highest BCUT2D eigenvalue weighted by Gasteiger charge is 2.21. The summed E-state index contributed by atoms with van der Waals surface area (Å²) < 4.78 is 5.30. The molecule has 0 bridgehead atoms. The zero-order valence-corrected chi connectivity index (χ0v) is 11.4. The van der Waals surface area contributed by atoms with E-state index in [0.29, 0.717) is 5.78 Å². The van der Waals surface area contributed by atoms with Crippen molar-refractivity contribution in [3.05, 3.63) is 29.3 Å². The number of benzene rings is 1. The van der Waals surface area contributed by atoms with Crippen molar-refractivity contribution in [1.29, 1.82) is 0 Å². The third-order valence-corrected chi connectivity index (χ3v) is 3.92. The van der Waals surface area contributed by atoms with E-state index in [4.69, 9.17) is 4.74 Å². The van der Waals surface area contributed by atoms with Crippen molar-refractivity contribution in [3.8, 4) is 5.75 Å². The van der Waals surface area contributed by atoms with Gasteiger partial charge in [0.05, 0.1) is 7.11 Å². The van der Waals surface area contributed by atoms with E-state index in [1.165, 1.54) is 25.7 Å². The smallest absolute Gasteiger partial charge is 0.166 e. The average Bonchev–Trinajstić information content (AvgIpc) is 2.67. The molecule has 0 saturated heterocycles. The van der Waals surface area contributed by atoms with E-state index in [0.717, 1.165) is 29.7 Å². The van der Waals surface area contributed by atoms with Gasteiger partial charge in [0.2, 0.25) is 0 Å². The van der Waals surface area contributed by atoms with Gasteiger partial charge >= 0.3 is 0 Å². The molecule has 0 amide bonds. The molecule has 1 aromatic rings. The van der Waals surface area contributed by atoms with Gasteiger partial charge in [-0.15, -0.1) is 0 Å². The van der Waals surface area contributed by atoms with Crippen LogP contribution in [-0.4, -0.2) is 12.9 Å². The number of aryl methyl sites for hydroxylation is 1. The Balaban J connectivity index is 2.16. The maximum Gasteiger partial charge on any atom is 0.166 e. The van der Waals surface area contributed by atoms with Gasteiger partial charge in [-0.25, -0.2) is 0 Å². The summed E-state index contributed by atoms with van der Waals surface area (Å²) in [5.74, 6) is 1.34. The second-order valence-electron chi connectivity index (χ2n) is 5.24. The molecule has 1 aliphatic carbocycles. The fourth-order valence-corrected chi connectivity index (χ4v) is 2.75. The van der Waals surface area contributed by atoms with E-state index in [1.807, 2.05) is 25.1 Å². The van der Waals surface area contributed by atoms with Crippen molar-refractivity contribution in [2.24, 2.45) is 5.92 Å². The Bertz CT molecular complexity index is 415. The second-order valence-corrected chi connectivity index (χ2v) is 5.24. The third-order valence-electron chi connectivity index (χ3n) is 3.92. The molecule has 0 radical (unpaired) electrons. The van der Waals surface area contributed by atoms with E-state index < -0.39 is 0 Å². The molecule has 1 aromatic carbocycles. The molecule has 1 fully saturated rings. The molecule has 0 unspecified atom stereocenters. The first-order valence-corrected chi connectivity index (χ1v) is 6.91. The van der Waals surface area contributed by atoms with Gasteiger partial charge in [0.15, 0.2) is 5.78 Å². The van der Waals surface area contributed by atoms with E-state index in [2.05, 4.69) is 0 Å². The number of methoxy groups -OCH3 is 1. The summed E-state index contributed by atoms with van der Waals surface area (Å²) in [6.45, 7) is 2.00. The first-order chi connectivity index (χ1) is 8.72. The Morgan fingerprint density at radius 3 is 2.44 bits per heavy atom. The maximum atomic E-state index is 12.5. The van der Waals surface area contributed by atoms with E-state index >= 15 is 0 Å². The minimum Gasteiger partial charge on any atom is -0.496 e. The predicted molar refractivity (Wildman–Crippen MR) is 73.3 cm³/mol. The van der Waals surface area contributed by atoms with E-state index in [-0.39, 0.29) is 5.92 Å². The minimum absolute atomic E-state index is 0.222. The van der Waals surface area contributed by atoms with Crippen LogP contribution in [0.15, 0.2) is 18.2 Å². The molecule has 1 saturated carbocycles. The number of ketones is 1. The van der Waals surface area contributed by atoms with Crippen LogP contribution in [0.5, 0.6) is 5.75 Å². The molecule has 18 heavy (non-hydrogen) atoms. The molecule has 0 spiro atoms. The maximum absolute atomic E-state index is 12.5. The van der Waals surface area contributed by atoms with Gasteiger partial charge < -0.3 is 4.74 Å². The molecule has 0 N–H and O–H groups in total. The largest absolute Gasteiger partial charge is 0.496 e. The number of rotatable bonds is 3. The Morgan fingerprint density at radius 1 is 1.17 bits per heavy atom. The van der Waals surface area contributed by atoms with Crippen molar-refractivity contribution in [2.45, 2.75) is 45.4 Å². The van der Waals surface area contributed by atoms with Crippen LogP contribution < -0.4 is 4.74 Å². The first kappa shape index (κ1) is 13.1. The number of ether oxygens (including phenoxy) is 1. The van der Waals surface area contributed by atoms with Gasteiger partial charge in [0.1, 0.15) is 5.75 Å². The summed E-state index contributed by atoms with van der Waals surface area (Å²) in [6, 6.07) is 5.80. The molecule has 98 valence electrons. The van der Waals surface area contributed by atoms with Crippen LogP contribution in [0.3, 0.4) is 0 Å². The second kappa shape index (κ2) is 6.03. The van der Waals surface area contributed by atoms with Crippen LogP contribution in [0.2, 0.25) is 0 Å². The summed E-state index contributed by atoms with van der Waals surface area (Å²) in [6.07, 6.45) is 7.05. The molecule has 2 heteroatoms. The molecule has 0 atom stereocenters. The van der Waals surface area contributed by atoms with Crippen LogP contribution in [0.25, 0.3) is 0 Å². The van der Waals surface area contributed by atoms with Crippen LogP contribution in [-0.2, 0) is 0 Å².